The van der Waals surface area contributed by atoms with Crippen molar-refractivity contribution in [2.75, 3.05) is 32.7 Å². The monoisotopic (exact) mass is 476 g/mol. The molecule has 3 aromatic carbocycles. The molecule has 0 aliphatic rings. The third-order valence-corrected chi connectivity index (χ3v) is 5.92. The Bertz CT molecular complexity index is 1100. The molecule has 0 unspecified atom stereocenters. The van der Waals surface area contributed by atoms with Crippen molar-refractivity contribution in [2.24, 2.45) is 0 Å². The molecule has 186 valence electrons. The number of para-hydroxylation sites is 1. The average Bonchev–Trinajstić information content (AvgIpc) is 2.86. The van der Waals surface area contributed by atoms with E-state index in [4.69, 9.17) is 14.2 Å². The Balaban J connectivity index is 1.69. The van der Waals surface area contributed by atoms with E-state index in [1.807, 2.05) is 48.5 Å². The van der Waals surface area contributed by atoms with Gasteiger partial charge in [-0.2, -0.15) is 0 Å². The van der Waals surface area contributed by atoms with Crippen LogP contribution < -0.4 is 19.5 Å². The highest BCUT2D eigenvalue weighted by molar-refractivity contribution is 6.04. The molecule has 0 atom stereocenters. The third-order valence-electron chi connectivity index (χ3n) is 5.92. The molecule has 0 saturated heterocycles. The molecule has 3 aromatic rings. The molecule has 0 heterocycles. The smallest absolute Gasteiger partial charge is 0.255 e. The molecule has 0 radical (unpaired) electrons. The number of carbonyl (C=O) groups excluding carboxylic acids is 1. The maximum Gasteiger partial charge on any atom is 0.255 e. The second-order valence-corrected chi connectivity index (χ2v) is 8.87. The summed E-state index contributed by atoms with van der Waals surface area (Å²) in [5, 5.41) is 2.96. The zero-order valence-corrected chi connectivity index (χ0v) is 21.5. The Morgan fingerprint density at radius 2 is 1.49 bits per heavy atom. The number of anilines is 1. The number of nitrogens with one attached hydrogen (secondary N) is 1. The van der Waals surface area contributed by atoms with Crippen LogP contribution in [0.4, 0.5) is 5.69 Å². The number of benzene rings is 3. The van der Waals surface area contributed by atoms with Gasteiger partial charge in [0.15, 0.2) is 11.5 Å². The van der Waals surface area contributed by atoms with Gasteiger partial charge in [0.05, 0.1) is 14.2 Å². The standard InChI is InChI=1S/C29H36N2O4/c1-20(2)31(21(3)4)17-18-35-28-19-24(15-16-27(28)34-6)30-29(32)23-13-11-22(12-14-23)25-9-7-8-10-26(25)33-5/h7-16,19-21H,17-18H2,1-6H3,(H,30,32). The van der Waals surface area contributed by atoms with Crippen LogP contribution in [0.25, 0.3) is 11.1 Å². The SMILES string of the molecule is COc1ccc(NC(=O)c2ccc(-c3ccccc3OC)cc2)cc1OCCN(C(C)C)C(C)C. The fourth-order valence-electron chi connectivity index (χ4n) is 4.13. The van der Waals surface area contributed by atoms with Gasteiger partial charge < -0.3 is 19.5 Å². The molecule has 0 aliphatic heterocycles. The molecule has 0 aliphatic carbocycles. The zero-order chi connectivity index (χ0) is 25.4. The molecule has 0 bridgehead atoms. The number of carbonyl (C=O) groups is 1. The van der Waals surface area contributed by atoms with Crippen LogP contribution in [0.5, 0.6) is 17.2 Å². The van der Waals surface area contributed by atoms with Crippen LogP contribution in [0.15, 0.2) is 66.7 Å². The highest BCUT2D eigenvalue weighted by Crippen LogP contribution is 2.31. The summed E-state index contributed by atoms with van der Waals surface area (Å²) in [5.74, 6) is 1.83. The predicted molar refractivity (Wildman–Crippen MR) is 142 cm³/mol. The van der Waals surface area contributed by atoms with Crippen molar-refractivity contribution in [1.82, 2.24) is 4.90 Å². The lowest BCUT2D eigenvalue weighted by molar-refractivity contribution is 0.102. The number of ether oxygens (including phenoxy) is 3. The van der Waals surface area contributed by atoms with Crippen LogP contribution >= 0.6 is 0 Å². The highest BCUT2D eigenvalue weighted by atomic mass is 16.5. The van der Waals surface area contributed by atoms with Gasteiger partial charge in [-0.3, -0.25) is 9.69 Å². The Morgan fingerprint density at radius 3 is 2.11 bits per heavy atom. The Morgan fingerprint density at radius 1 is 0.829 bits per heavy atom. The molecule has 0 aromatic heterocycles. The van der Waals surface area contributed by atoms with Crippen LogP contribution in [0, 0.1) is 0 Å². The minimum atomic E-state index is -0.196. The molecule has 6 nitrogen and oxygen atoms in total. The summed E-state index contributed by atoms with van der Waals surface area (Å²) in [5.41, 5.74) is 3.17. The quantitative estimate of drug-likeness (QED) is 0.361. The maximum absolute atomic E-state index is 12.9. The summed E-state index contributed by atoms with van der Waals surface area (Å²) in [6.45, 7) is 10.0. The fourth-order valence-corrected chi connectivity index (χ4v) is 4.13. The first-order chi connectivity index (χ1) is 16.8. The van der Waals surface area contributed by atoms with Gasteiger partial charge in [-0.25, -0.2) is 0 Å². The summed E-state index contributed by atoms with van der Waals surface area (Å²) in [4.78, 5) is 15.3. The van der Waals surface area contributed by atoms with Crippen molar-refractivity contribution in [3.8, 4) is 28.4 Å². The Kier molecular flexibility index (Phi) is 9.15. The summed E-state index contributed by atoms with van der Waals surface area (Å²) in [7, 11) is 3.26. The average molecular weight is 477 g/mol. The first kappa shape index (κ1) is 26.1. The number of rotatable bonds is 11. The first-order valence-electron chi connectivity index (χ1n) is 12.0. The minimum Gasteiger partial charge on any atom is -0.496 e. The van der Waals surface area contributed by atoms with E-state index >= 15 is 0 Å². The fraction of sp³-hybridized carbons (Fsp3) is 0.345. The minimum absolute atomic E-state index is 0.196. The lowest BCUT2D eigenvalue weighted by Gasteiger charge is -2.30. The number of amides is 1. The normalized spacial score (nSPS) is 11.1. The van der Waals surface area contributed by atoms with E-state index in [2.05, 4.69) is 37.9 Å². The third kappa shape index (κ3) is 6.76. The second-order valence-electron chi connectivity index (χ2n) is 8.87. The van der Waals surface area contributed by atoms with Gasteiger partial charge in [0.2, 0.25) is 0 Å². The molecule has 1 N–H and O–H groups in total. The van der Waals surface area contributed by atoms with Crippen molar-refractivity contribution in [2.45, 2.75) is 39.8 Å². The van der Waals surface area contributed by atoms with E-state index in [1.54, 1.807) is 32.4 Å². The van der Waals surface area contributed by atoms with Gasteiger partial charge in [0.1, 0.15) is 12.4 Å². The van der Waals surface area contributed by atoms with Crippen LogP contribution in [-0.2, 0) is 0 Å². The predicted octanol–water partition coefficient (Wildman–Crippen LogP) is 6.12. The van der Waals surface area contributed by atoms with Crippen LogP contribution in [0.3, 0.4) is 0 Å². The summed E-state index contributed by atoms with van der Waals surface area (Å²) in [6, 6.07) is 21.5. The zero-order valence-electron chi connectivity index (χ0n) is 21.5. The number of hydrogen-bond acceptors (Lipinski definition) is 5. The first-order valence-corrected chi connectivity index (χ1v) is 12.0. The molecule has 3 rings (SSSR count). The number of hydrogen-bond donors (Lipinski definition) is 1. The second kappa shape index (κ2) is 12.3. The van der Waals surface area contributed by atoms with Gasteiger partial charge in [0, 0.05) is 41.5 Å². The molecule has 35 heavy (non-hydrogen) atoms. The van der Waals surface area contributed by atoms with Gasteiger partial charge in [-0.1, -0.05) is 30.3 Å². The van der Waals surface area contributed by atoms with Gasteiger partial charge in [-0.15, -0.1) is 0 Å². The lowest BCUT2D eigenvalue weighted by Crippen LogP contribution is -2.39. The van der Waals surface area contributed by atoms with Gasteiger partial charge >= 0.3 is 0 Å². The van der Waals surface area contributed by atoms with E-state index in [-0.39, 0.29) is 5.91 Å². The van der Waals surface area contributed by atoms with Gasteiger partial charge in [-0.05, 0) is 63.6 Å². The van der Waals surface area contributed by atoms with Crippen LogP contribution in [0.2, 0.25) is 0 Å². The molecule has 0 fully saturated rings. The summed E-state index contributed by atoms with van der Waals surface area (Å²) >= 11 is 0. The Labute approximate surface area is 208 Å². The van der Waals surface area contributed by atoms with Crippen LogP contribution in [0.1, 0.15) is 38.1 Å². The van der Waals surface area contributed by atoms with E-state index in [9.17, 15) is 4.79 Å². The topological polar surface area (TPSA) is 60.0 Å². The lowest BCUT2D eigenvalue weighted by atomic mass is 10.0. The molecular formula is C29H36N2O4. The molecule has 1 amide bonds. The van der Waals surface area contributed by atoms with E-state index in [0.717, 1.165) is 23.4 Å². The molecular weight excluding hydrogens is 440 g/mol. The Hall–Kier alpha value is -3.51. The molecule has 6 heteroatoms. The molecule has 0 saturated carbocycles. The highest BCUT2D eigenvalue weighted by Gasteiger charge is 2.15. The van der Waals surface area contributed by atoms with E-state index in [0.29, 0.717) is 41.4 Å². The van der Waals surface area contributed by atoms with Gasteiger partial charge in [0.25, 0.3) is 5.91 Å². The van der Waals surface area contributed by atoms with Crippen molar-refractivity contribution in [3.05, 3.63) is 72.3 Å². The summed E-state index contributed by atoms with van der Waals surface area (Å²) < 4.78 is 16.9. The maximum atomic E-state index is 12.9. The van der Waals surface area contributed by atoms with Crippen molar-refractivity contribution in [1.29, 1.82) is 0 Å². The van der Waals surface area contributed by atoms with Crippen molar-refractivity contribution >= 4 is 11.6 Å². The van der Waals surface area contributed by atoms with Crippen molar-refractivity contribution < 1.29 is 19.0 Å². The number of nitrogens with zero attached hydrogens (tertiary/aromatic N) is 1. The van der Waals surface area contributed by atoms with Crippen LogP contribution in [-0.4, -0.2) is 50.3 Å². The largest absolute Gasteiger partial charge is 0.496 e. The summed E-state index contributed by atoms with van der Waals surface area (Å²) in [6.07, 6.45) is 0. The molecule has 0 spiro atoms. The number of methoxy groups -OCH3 is 2. The van der Waals surface area contributed by atoms with Crippen molar-refractivity contribution in [3.63, 3.8) is 0 Å². The van der Waals surface area contributed by atoms with E-state index < -0.39 is 0 Å². The van der Waals surface area contributed by atoms with E-state index in [1.165, 1.54) is 0 Å².